The van der Waals surface area contributed by atoms with Gasteiger partial charge in [0.25, 0.3) is 5.91 Å². The van der Waals surface area contributed by atoms with Crippen molar-refractivity contribution in [2.75, 3.05) is 27.4 Å². The van der Waals surface area contributed by atoms with Crippen molar-refractivity contribution in [3.05, 3.63) is 29.8 Å². The highest BCUT2D eigenvalue weighted by molar-refractivity contribution is 5.91. The summed E-state index contributed by atoms with van der Waals surface area (Å²) < 4.78 is 15.1. The Morgan fingerprint density at radius 1 is 1.15 bits per heavy atom. The fourth-order valence-electron chi connectivity index (χ4n) is 1.98. The average Bonchev–Trinajstić information content (AvgIpc) is 2.64. The fourth-order valence-corrected chi connectivity index (χ4v) is 1.98. The number of likely N-dealkylation sites (N-methyl/N-ethyl adjacent to an activating group) is 1. The van der Waals surface area contributed by atoms with Crippen molar-refractivity contribution >= 4 is 23.9 Å². The summed E-state index contributed by atoms with van der Waals surface area (Å²) >= 11 is 0. The number of methoxy groups -OCH3 is 2. The molecule has 0 aliphatic rings. The molecule has 0 fully saturated rings. The maximum Gasteiger partial charge on any atom is 0.331 e. The second kappa shape index (κ2) is 10.8. The Labute approximate surface area is 152 Å². The molecule has 2 N–H and O–H groups in total. The molecule has 2 amide bonds. The zero-order valence-electron chi connectivity index (χ0n) is 15.3. The van der Waals surface area contributed by atoms with Crippen LogP contribution in [-0.4, -0.2) is 51.2 Å². The Kier molecular flexibility index (Phi) is 8.69. The first kappa shape index (κ1) is 21.0. The molecule has 0 heterocycles. The summed E-state index contributed by atoms with van der Waals surface area (Å²) in [4.78, 5) is 34.9. The Morgan fingerprint density at radius 2 is 1.85 bits per heavy atom. The van der Waals surface area contributed by atoms with Gasteiger partial charge in [-0.25, -0.2) is 4.79 Å². The third-order valence-electron chi connectivity index (χ3n) is 3.29. The maximum absolute atomic E-state index is 11.7. The van der Waals surface area contributed by atoms with Crippen LogP contribution < -0.4 is 20.1 Å². The molecule has 0 aliphatic heterocycles. The van der Waals surface area contributed by atoms with Gasteiger partial charge in [-0.05, 0) is 37.6 Å². The van der Waals surface area contributed by atoms with E-state index in [2.05, 4.69) is 10.6 Å². The smallest absolute Gasteiger partial charge is 0.331 e. The van der Waals surface area contributed by atoms with Crippen LogP contribution in [0.3, 0.4) is 0 Å². The Morgan fingerprint density at radius 3 is 2.46 bits per heavy atom. The van der Waals surface area contributed by atoms with Crippen LogP contribution in [0.15, 0.2) is 24.3 Å². The molecule has 0 radical (unpaired) electrons. The number of hydrogen-bond acceptors (Lipinski definition) is 6. The summed E-state index contributed by atoms with van der Waals surface area (Å²) in [6, 6.07) is 4.44. The van der Waals surface area contributed by atoms with Gasteiger partial charge >= 0.3 is 5.97 Å². The molecule has 0 unspecified atom stereocenters. The average molecular weight is 364 g/mol. The number of ether oxygens (including phenoxy) is 3. The highest BCUT2D eigenvalue weighted by Gasteiger charge is 2.15. The zero-order valence-corrected chi connectivity index (χ0v) is 15.3. The number of carbonyl (C=O) groups is 3. The number of carbonyl (C=O) groups excluding carboxylic acids is 3. The molecule has 1 rings (SSSR count). The van der Waals surface area contributed by atoms with E-state index in [0.717, 1.165) is 0 Å². The van der Waals surface area contributed by atoms with Crippen LogP contribution in [0.5, 0.6) is 11.5 Å². The zero-order chi connectivity index (χ0) is 19.5. The predicted octanol–water partition coefficient (Wildman–Crippen LogP) is 0.901. The van der Waals surface area contributed by atoms with E-state index in [1.807, 2.05) is 0 Å². The van der Waals surface area contributed by atoms with Gasteiger partial charge in [-0.1, -0.05) is 6.07 Å². The molecule has 8 nitrogen and oxygen atoms in total. The van der Waals surface area contributed by atoms with Crippen molar-refractivity contribution in [3.63, 3.8) is 0 Å². The van der Waals surface area contributed by atoms with Gasteiger partial charge in [-0.3, -0.25) is 9.59 Å². The van der Waals surface area contributed by atoms with Crippen molar-refractivity contribution in [2.24, 2.45) is 0 Å². The number of hydrogen-bond donors (Lipinski definition) is 2. The molecular formula is C18H24N2O6. The van der Waals surface area contributed by atoms with E-state index in [1.54, 1.807) is 32.0 Å². The van der Waals surface area contributed by atoms with Crippen LogP contribution in [-0.2, 0) is 19.1 Å². The monoisotopic (exact) mass is 364 g/mol. The lowest BCUT2D eigenvalue weighted by Crippen LogP contribution is -2.46. The molecule has 1 aromatic carbocycles. The third-order valence-corrected chi connectivity index (χ3v) is 3.29. The topological polar surface area (TPSA) is 103 Å². The maximum atomic E-state index is 11.7. The Bertz CT molecular complexity index is 672. The van der Waals surface area contributed by atoms with Crippen LogP contribution in [0.25, 0.3) is 6.08 Å². The van der Waals surface area contributed by atoms with Gasteiger partial charge in [0, 0.05) is 12.6 Å². The molecule has 26 heavy (non-hydrogen) atoms. The lowest BCUT2D eigenvalue weighted by molar-refractivity contribution is -0.144. The number of benzene rings is 1. The van der Waals surface area contributed by atoms with E-state index in [0.29, 0.717) is 23.6 Å². The molecule has 0 saturated carbocycles. The fraction of sp³-hybridized carbons (Fsp3) is 0.389. The van der Waals surface area contributed by atoms with Crippen molar-refractivity contribution in [3.8, 4) is 11.5 Å². The molecule has 8 heteroatoms. The van der Waals surface area contributed by atoms with Crippen molar-refractivity contribution < 1.29 is 28.6 Å². The second-order valence-electron chi connectivity index (χ2n) is 5.24. The Balaban J connectivity index is 2.50. The lowest BCUT2D eigenvalue weighted by Gasteiger charge is -2.13. The third kappa shape index (κ3) is 6.84. The summed E-state index contributed by atoms with van der Waals surface area (Å²) in [5, 5.41) is 5.02. The number of rotatable bonds is 9. The normalized spacial score (nSPS) is 11.5. The highest BCUT2D eigenvalue weighted by Crippen LogP contribution is 2.27. The molecule has 0 aliphatic carbocycles. The van der Waals surface area contributed by atoms with Crippen LogP contribution >= 0.6 is 0 Å². The number of amides is 2. The van der Waals surface area contributed by atoms with Gasteiger partial charge in [0.2, 0.25) is 5.91 Å². The van der Waals surface area contributed by atoms with Gasteiger partial charge in [-0.15, -0.1) is 0 Å². The molecule has 0 saturated heterocycles. The SMILES string of the molecule is CCNC(=O)[C@@H](C)NC(=O)COC(=O)/C=C/c1ccc(OC)c(OC)c1. The first-order valence-electron chi connectivity index (χ1n) is 8.05. The molecule has 0 aromatic heterocycles. The van der Waals surface area contributed by atoms with E-state index in [-0.39, 0.29) is 5.91 Å². The van der Waals surface area contributed by atoms with Gasteiger partial charge in [0.05, 0.1) is 14.2 Å². The summed E-state index contributed by atoms with van der Waals surface area (Å²) in [5.74, 6) is -0.440. The highest BCUT2D eigenvalue weighted by atomic mass is 16.5. The first-order chi connectivity index (χ1) is 12.4. The summed E-state index contributed by atoms with van der Waals surface area (Å²) in [5.41, 5.74) is 0.703. The largest absolute Gasteiger partial charge is 0.493 e. The molecular weight excluding hydrogens is 340 g/mol. The van der Waals surface area contributed by atoms with Gasteiger partial charge in [0.15, 0.2) is 18.1 Å². The van der Waals surface area contributed by atoms with E-state index in [1.165, 1.54) is 26.4 Å². The number of nitrogens with one attached hydrogen (secondary N) is 2. The molecule has 142 valence electrons. The predicted molar refractivity (Wildman–Crippen MR) is 95.8 cm³/mol. The molecule has 0 spiro atoms. The summed E-state index contributed by atoms with van der Waals surface area (Å²) in [6.45, 7) is 3.31. The van der Waals surface area contributed by atoms with Gasteiger partial charge in [0.1, 0.15) is 6.04 Å². The molecule has 0 bridgehead atoms. The quantitative estimate of drug-likeness (QED) is 0.499. The summed E-state index contributed by atoms with van der Waals surface area (Å²) in [6.07, 6.45) is 2.72. The van der Waals surface area contributed by atoms with Crippen molar-refractivity contribution in [1.82, 2.24) is 10.6 Å². The van der Waals surface area contributed by atoms with Crippen molar-refractivity contribution in [1.29, 1.82) is 0 Å². The minimum absolute atomic E-state index is 0.305. The standard InChI is InChI=1S/C18H24N2O6/c1-5-19-18(23)12(2)20-16(21)11-26-17(22)9-7-13-6-8-14(24-3)15(10-13)25-4/h6-10,12H,5,11H2,1-4H3,(H,19,23)(H,20,21)/b9-7+/t12-/m1/s1. The minimum Gasteiger partial charge on any atom is -0.493 e. The molecule has 1 aromatic rings. The van der Waals surface area contributed by atoms with Gasteiger partial charge < -0.3 is 24.8 Å². The van der Waals surface area contributed by atoms with Crippen LogP contribution in [0.1, 0.15) is 19.4 Å². The van der Waals surface area contributed by atoms with E-state index in [9.17, 15) is 14.4 Å². The van der Waals surface area contributed by atoms with E-state index < -0.39 is 24.5 Å². The Hall–Kier alpha value is -3.03. The van der Waals surface area contributed by atoms with Crippen LogP contribution in [0, 0.1) is 0 Å². The van der Waals surface area contributed by atoms with Crippen LogP contribution in [0.4, 0.5) is 0 Å². The first-order valence-corrected chi connectivity index (χ1v) is 8.05. The number of esters is 1. The molecule has 1 atom stereocenters. The lowest BCUT2D eigenvalue weighted by atomic mass is 10.2. The van der Waals surface area contributed by atoms with E-state index in [4.69, 9.17) is 14.2 Å². The summed E-state index contributed by atoms with van der Waals surface area (Å²) in [7, 11) is 3.04. The second-order valence-corrected chi connectivity index (χ2v) is 5.24. The van der Waals surface area contributed by atoms with Crippen LogP contribution in [0.2, 0.25) is 0 Å². The van der Waals surface area contributed by atoms with Gasteiger partial charge in [-0.2, -0.15) is 0 Å². The minimum atomic E-state index is -0.705. The van der Waals surface area contributed by atoms with E-state index >= 15 is 0 Å². The van der Waals surface area contributed by atoms with Crippen molar-refractivity contribution in [2.45, 2.75) is 19.9 Å².